The number of hydrogen-bond donors (Lipinski definition) is 0. The molecular formula is C26H52O14. The zero-order valence-corrected chi connectivity index (χ0v) is 24.5. The number of carbonyl (C=O) groups excluding carboxylic acids is 1. The van der Waals surface area contributed by atoms with Crippen molar-refractivity contribution < 1.29 is 66.4 Å². The highest BCUT2D eigenvalue weighted by atomic mass is 16.6. The molecule has 0 amide bonds. The highest BCUT2D eigenvalue weighted by Gasteiger charge is 1.99. The second kappa shape index (κ2) is 36.0. The number of ether oxygens (including phenoxy) is 13. The normalized spacial score (nSPS) is 11.3. The van der Waals surface area contributed by atoms with E-state index in [-0.39, 0.29) is 6.61 Å². The largest absolute Gasteiger partial charge is 0.467 e. The van der Waals surface area contributed by atoms with Gasteiger partial charge in [-0.15, -0.1) is 0 Å². The molecule has 0 spiro atoms. The molecular weight excluding hydrogens is 536 g/mol. The van der Waals surface area contributed by atoms with Crippen molar-refractivity contribution in [3.63, 3.8) is 0 Å². The summed E-state index contributed by atoms with van der Waals surface area (Å²) in [6, 6.07) is 0. The second-order valence-electron chi connectivity index (χ2n) is 7.75. The summed E-state index contributed by atoms with van der Waals surface area (Å²) in [7, 11) is 2.96. The molecule has 0 aliphatic rings. The van der Waals surface area contributed by atoms with E-state index in [0.717, 1.165) is 0 Å². The van der Waals surface area contributed by atoms with Crippen molar-refractivity contribution >= 4 is 5.97 Å². The van der Waals surface area contributed by atoms with Crippen molar-refractivity contribution in [1.29, 1.82) is 0 Å². The maximum atomic E-state index is 10.8. The highest BCUT2D eigenvalue weighted by Crippen LogP contribution is 1.87. The topological polar surface area (TPSA) is 137 Å². The average Bonchev–Trinajstić information content (AvgIpc) is 2.97. The molecule has 0 rings (SSSR count). The van der Waals surface area contributed by atoms with Gasteiger partial charge in [-0.05, 0) is 0 Å². The molecule has 0 atom stereocenters. The van der Waals surface area contributed by atoms with E-state index in [1.54, 1.807) is 7.11 Å². The van der Waals surface area contributed by atoms with Crippen molar-refractivity contribution in [2.75, 3.05) is 166 Å². The Hall–Kier alpha value is -1.01. The highest BCUT2D eigenvalue weighted by molar-refractivity contribution is 5.70. The molecule has 0 saturated heterocycles. The minimum atomic E-state index is -0.407. The molecule has 0 aliphatic carbocycles. The van der Waals surface area contributed by atoms with Crippen molar-refractivity contribution in [2.24, 2.45) is 0 Å². The summed E-state index contributed by atoms with van der Waals surface area (Å²) < 4.78 is 68.4. The first-order chi connectivity index (χ1) is 19.8. The first-order valence-electron chi connectivity index (χ1n) is 13.7. The smallest absolute Gasteiger partial charge is 0.331 e. The van der Waals surface area contributed by atoms with E-state index in [1.807, 2.05) is 0 Å². The predicted octanol–water partition coefficient (Wildman–Crippen LogP) is -0.0116. The van der Waals surface area contributed by atoms with Crippen LogP contribution in [0.1, 0.15) is 0 Å². The van der Waals surface area contributed by atoms with Crippen LogP contribution in [-0.2, 0) is 66.4 Å². The summed E-state index contributed by atoms with van der Waals surface area (Å²) in [6.45, 7) is 10.9. The Morgan fingerprint density at radius 3 is 0.725 bits per heavy atom. The van der Waals surface area contributed by atoms with Gasteiger partial charge in [-0.25, -0.2) is 4.79 Å². The fourth-order valence-electron chi connectivity index (χ4n) is 2.56. The van der Waals surface area contributed by atoms with Gasteiger partial charge in [0.1, 0.15) is 6.61 Å². The number of hydrogen-bond acceptors (Lipinski definition) is 14. The van der Waals surface area contributed by atoms with Crippen LogP contribution in [0.5, 0.6) is 0 Å². The lowest BCUT2D eigenvalue weighted by atomic mass is 10.6. The lowest BCUT2D eigenvalue weighted by molar-refractivity contribution is -0.146. The predicted molar refractivity (Wildman–Crippen MR) is 143 cm³/mol. The van der Waals surface area contributed by atoms with Gasteiger partial charge in [-0.1, -0.05) is 0 Å². The Kier molecular flexibility index (Phi) is 35.1. The molecule has 40 heavy (non-hydrogen) atoms. The molecule has 0 aliphatic heterocycles. The van der Waals surface area contributed by atoms with Crippen molar-refractivity contribution in [1.82, 2.24) is 0 Å². The molecule has 0 aromatic carbocycles. The summed E-state index contributed by atoms with van der Waals surface area (Å²) in [6.07, 6.45) is 0. The van der Waals surface area contributed by atoms with Gasteiger partial charge in [0.05, 0.1) is 152 Å². The van der Waals surface area contributed by atoms with Gasteiger partial charge in [-0.3, -0.25) is 0 Å². The lowest BCUT2D eigenvalue weighted by Gasteiger charge is -2.09. The number of methoxy groups -OCH3 is 2. The van der Waals surface area contributed by atoms with E-state index in [9.17, 15) is 4.79 Å². The van der Waals surface area contributed by atoms with Crippen LogP contribution >= 0.6 is 0 Å². The third-order valence-corrected chi connectivity index (χ3v) is 4.60. The fraction of sp³-hybridized carbons (Fsp3) is 0.962. The summed E-state index contributed by atoms with van der Waals surface area (Å²) in [5.74, 6) is -0.407. The molecule has 0 heterocycles. The quantitative estimate of drug-likeness (QED) is 0.0725. The first kappa shape index (κ1) is 39.0. The minimum absolute atomic E-state index is 0.0692. The molecule has 0 aromatic rings. The molecule has 0 aromatic heterocycles. The third kappa shape index (κ3) is 35.0. The van der Waals surface area contributed by atoms with Crippen LogP contribution in [0.15, 0.2) is 0 Å². The Morgan fingerprint density at radius 1 is 0.325 bits per heavy atom. The van der Waals surface area contributed by atoms with E-state index >= 15 is 0 Å². The standard InChI is InChI=1S/C26H52O14/c1-28-3-4-30-5-6-31-7-8-32-9-10-33-11-12-34-13-14-35-15-16-36-17-18-37-19-20-38-21-22-39-23-24-40-25-26(27)29-2/h3-25H2,1-2H3. The molecule has 14 heteroatoms. The monoisotopic (exact) mass is 588 g/mol. The third-order valence-electron chi connectivity index (χ3n) is 4.60. The zero-order chi connectivity index (χ0) is 29.0. The van der Waals surface area contributed by atoms with Crippen molar-refractivity contribution in [2.45, 2.75) is 0 Å². The molecule has 0 unspecified atom stereocenters. The molecule has 0 fully saturated rings. The van der Waals surface area contributed by atoms with Gasteiger partial charge in [0.25, 0.3) is 0 Å². The molecule has 0 bridgehead atoms. The van der Waals surface area contributed by atoms with Gasteiger partial charge in [-0.2, -0.15) is 0 Å². The Labute approximate surface area is 239 Å². The van der Waals surface area contributed by atoms with E-state index in [0.29, 0.717) is 145 Å². The summed E-state index contributed by atoms with van der Waals surface area (Å²) in [4.78, 5) is 10.8. The van der Waals surface area contributed by atoms with Gasteiger partial charge in [0, 0.05) is 7.11 Å². The lowest BCUT2D eigenvalue weighted by Crippen LogP contribution is -2.16. The van der Waals surface area contributed by atoms with Crippen LogP contribution in [0.2, 0.25) is 0 Å². The number of rotatable bonds is 35. The van der Waals surface area contributed by atoms with Crippen molar-refractivity contribution in [3.05, 3.63) is 0 Å². The Balaban J connectivity index is 3.04. The minimum Gasteiger partial charge on any atom is -0.467 e. The van der Waals surface area contributed by atoms with Crippen LogP contribution < -0.4 is 0 Å². The molecule has 0 radical (unpaired) electrons. The van der Waals surface area contributed by atoms with Gasteiger partial charge in [0.15, 0.2) is 0 Å². The van der Waals surface area contributed by atoms with Crippen LogP contribution in [0.25, 0.3) is 0 Å². The van der Waals surface area contributed by atoms with Crippen LogP contribution in [0.3, 0.4) is 0 Å². The van der Waals surface area contributed by atoms with E-state index in [2.05, 4.69) is 4.74 Å². The molecule has 0 N–H and O–H groups in total. The molecule has 0 saturated carbocycles. The number of carbonyl (C=O) groups is 1. The van der Waals surface area contributed by atoms with Gasteiger partial charge >= 0.3 is 5.97 Å². The van der Waals surface area contributed by atoms with E-state index in [1.165, 1.54) is 7.11 Å². The first-order valence-corrected chi connectivity index (χ1v) is 13.7. The van der Waals surface area contributed by atoms with Crippen molar-refractivity contribution in [3.8, 4) is 0 Å². The Bertz CT molecular complexity index is 486. The molecule has 14 nitrogen and oxygen atoms in total. The van der Waals surface area contributed by atoms with E-state index in [4.69, 9.17) is 56.8 Å². The average molecular weight is 589 g/mol. The zero-order valence-electron chi connectivity index (χ0n) is 24.5. The maximum absolute atomic E-state index is 10.8. The molecule has 240 valence electrons. The second-order valence-corrected chi connectivity index (χ2v) is 7.75. The van der Waals surface area contributed by atoms with Crippen LogP contribution in [-0.4, -0.2) is 172 Å². The summed E-state index contributed by atoms with van der Waals surface area (Å²) in [5.41, 5.74) is 0. The summed E-state index contributed by atoms with van der Waals surface area (Å²) in [5, 5.41) is 0. The fourth-order valence-corrected chi connectivity index (χ4v) is 2.56. The van der Waals surface area contributed by atoms with Crippen LogP contribution in [0.4, 0.5) is 0 Å². The summed E-state index contributed by atoms with van der Waals surface area (Å²) >= 11 is 0. The maximum Gasteiger partial charge on any atom is 0.331 e. The van der Waals surface area contributed by atoms with Crippen LogP contribution in [0, 0.1) is 0 Å². The SMILES string of the molecule is COCCOCCOCCOCCOCCOCCOCCOCCOCCOCCOCCOCC(=O)OC. The van der Waals surface area contributed by atoms with Gasteiger partial charge < -0.3 is 61.6 Å². The van der Waals surface area contributed by atoms with E-state index < -0.39 is 5.97 Å². The number of esters is 1. The Morgan fingerprint density at radius 2 is 0.525 bits per heavy atom. The van der Waals surface area contributed by atoms with Gasteiger partial charge in [0.2, 0.25) is 0 Å².